The number of nitro benzene ring substituents is 1. The topological polar surface area (TPSA) is 140 Å². The molecule has 160 valence electrons. The molecule has 3 N–H and O–H groups in total. The highest BCUT2D eigenvalue weighted by Crippen LogP contribution is 2.16. The highest BCUT2D eigenvalue weighted by atomic mass is 16.6. The summed E-state index contributed by atoms with van der Waals surface area (Å²) >= 11 is 0. The standard InChI is InChI=1S/C19H28N4O6/c1-7-19(6,22-17(26)29-18(3,4)5)16(25)20-12(2)15(24)21-13-8-10-14(11-9-13)23(27)28/h8-12H,7H2,1-6H3,(H,20,25)(H,21,24)(H,22,26)/t12-,19+/m0/s1. The van der Waals surface area contributed by atoms with Gasteiger partial charge in [-0.25, -0.2) is 4.79 Å². The van der Waals surface area contributed by atoms with Crippen molar-refractivity contribution in [2.45, 2.75) is 65.1 Å². The van der Waals surface area contributed by atoms with E-state index >= 15 is 0 Å². The molecule has 0 radical (unpaired) electrons. The Bertz CT molecular complexity index is 772. The third kappa shape index (κ3) is 7.40. The maximum atomic E-state index is 12.6. The first kappa shape index (κ1) is 23.9. The fourth-order valence-electron chi connectivity index (χ4n) is 2.17. The first-order valence-corrected chi connectivity index (χ1v) is 9.15. The molecule has 3 amide bonds. The molecule has 0 saturated carbocycles. The second-order valence-corrected chi connectivity index (χ2v) is 7.80. The van der Waals surface area contributed by atoms with Gasteiger partial charge < -0.3 is 20.7 Å². The van der Waals surface area contributed by atoms with E-state index in [2.05, 4.69) is 16.0 Å². The molecule has 1 rings (SSSR count). The Morgan fingerprint density at radius 2 is 1.69 bits per heavy atom. The minimum atomic E-state index is -1.27. The van der Waals surface area contributed by atoms with Gasteiger partial charge in [0.05, 0.1) is 4.92 Å². The number of nitro groups is 1. The molecule has 0 aliphatic carbocycles. The predicted molar refractivity (Wildman–Crippen MR) is 107 cm³/mol. The van der Waals surface area contributed by atoms with Crippen molar-refractivity contribution in [3.8, 4) is 0 Å². The number of alkyl carbamates (subject to hydrolysis) is 1. The monoisotopic (exact) mass is 408 g/mol. The summed E-state index contributed by atoms with van der Waals surface area (Å²) < 4.78 is 5.19. The van der Waals surface area contributed by atoms with Crippen LogP contribution in [0.5, 0.6) is 0 Å². The molecule has 1 aromatic carbocycles. The molecule has 0 saturated heterocycles. The van der Waals surface area contributed by atoms with E-state index in [0.29, 0.717) is 5.69 Å². The Morgan fingerprint density at radius 1 is 1.14 bits per heavy atom. The van der Waals surface area contributed by atoms with Crippen LogP contribution in [0.25, 0.3) is 0 Å². The third-order valence-corrected chi connectivity index (χ3v) is 4.07. The first-order valence-electron chi connectivity index (χ1n) is 9.15. The van der Waals surface area contributed by atoms with Crippen molar-refractivity contribution >= 4 is 29.3 Å². The number of non-ortho nitro benzene ring substituents is 1. The van der Waals surface area contributed by atoms with Crippen LogP contribution in [0.2, 0.25) is 0 Å². The molecule has 10 heteroatoms. The van der Waals surface area contributed by atoms with Gasteiger partial charge in [0, 0.05) is 17.8 Å². The summed E-state index contributed by atoms with van der Waals surface area (Å²) in [5.74, 6) is -1.06. The zero-order chi connectivity index (χ0) is 22.4. The van der Waals surface area contributed by atoms with Gasteiger partial charge in [0.2, 0.25) is 11.8 Å². The summed E-state index contributed by atoms with van der Waals surface area (Å²) in [4.78, 5) is 47.1. The normalized spacial score (nSPS) is 14.1. The lowest BCUT2D eigenvalue weighted by Gasteiger charge is -2.31. The van der Waals surface area contributed by atoms with Gasteiger partial charge in [-0.2, -0.15) is 0 Å². The maximum Gasteiger partial charge on any atom is 0.408 e. The molecule has 29 heavy (non-hydrogen) atoms. The summed E-state index contributed by atoms with van der Waals surface area (Å²) in [7, 11) is 0. The number of carbonyl (C=O) groups excluding carboxylic acids is 3. The van der Waals surface area contributed by atoms with Crippen LogP contribution in [0.1, 0.15) is 48.0 Å². The Kier molecular flexibility index (Phi) is 7.70. The minimum Gasteiger partial charge on any atom is -0.444 e. The number of hydrogen-bond acceptors (Lipinski definition) is 6. The number of nitrogens with one attached hydrogen (secondary N) is 3. The van der Waals surface area contributed by atoms with Crippen molar-refractivity contribution in [2.24, 2.45) is 0 Å². The van der Waals surface area contributed by atoms with Gasteiger partial charge in [-0.05, 0) is 53.2 Å². The van der Waals surface area contributed by atoms with Gasteiger partial charge in [-0.3, -0.25) is 19.7 Å². The average Bonchev–Trinajstić information content (AvgIpc) is 2.60. The molecule has 0 unspecified atom stereocenters. The van der Waals surface area contributed by atoms with Gasteiger partial charge in [0.25, 0.3) is 5.69 Å². The number of amides is 3. The number of hydrogen-bond donors (Lipinski definition) is 3. The number of benzene rings is 1. The Morgan fingerprint density at radius 3 is 2.14 bits per heavy atom. The fourth-order valence-corrected chi connectivity index (χ4v) is 2.17. The van der Waals surface area contributed by atoms with Crippen LogP contribution in [-0.4, -0.2) is 40.0 Å². The van der Waals surface area contributed by atoms with Crippen LogP contribution in [-0.2, 0) is 14.3 Å². The van der Waals surface area contributed by atoms with Crippen molar-refractivity contribution in [3.05, 3.63) is 34.4 Å². The lowest BCUT2D eigenvalue weighted by Crippen LogP contribution is -2.59. The Balaban J connectivity index is 2.73. The van der Waals surface area contributed by atoms with Crippen LogP contribution >= 0.6 is 0 Å². The molecule has 0 spiro atoms. The second kappa shape index (κ2) is 9.35. The first-order chi connectivity index (χ1) is 13.3. The summed E-state index contributed by atoms with van der Waals surface area (Å²) in [5.41, 5.74) is -1.74. The van der Waals surface area contributed by atoms with E-state index in [1.807, 2.05) is 0 Å². The largest absolute Gasteiger partial charge is 0.444 e. The van der Waals surface area contributed by atoms with Crippen molar-refractivity contribution < 1.29 is 24.0 Å². The predicted octanol–water partition coefficient (Wildman–Crippen LogP) is 2.73. The Labute approximate surface area is 169 Å². The lowest BCUT2D eigenvalue weighted by atomic mass is 9.97. The van der Waals surface area contributed by atoms with Crippen LogP contribution in [0.3, 0.4) is 0 Å². The number of nitrogens with zero attached hydrogens (tertiary/aromatic N) is 1. The van der Waals surface area contributed by atoms with Crippen molar-refractivity contribution in [1.82, 2.24) is 10.6 Å². The number of rotatable bonds is 7. The fraction of sp³-hybridized carbons (Fsp3) is 0.526. The highest BCUT2D eigenvalue weighted by molar-refractivity contribution is 5.99. The second-order valence-electron chi connectivity index (χ2n) is 7.80. The maximum absolute atomic E-state index is 12.6. The van der Waals surface area contributed by atoms with Crippen LogP contribution < -0.4 is 16.0 Å². The SMILES string of the molecule is CC[C@@](C)(NC(=O)OC(C)(C)C)C(=O)N[C@@H](C)C(=O)Nc1ccc([N+](=O)[O-])cc1. The highest BCUT2D eigenvalue weighted by Gasteiger charge is 2.36. The molecule has 0 heterocycles. The van der Waals surface area contributed by atoms with Gasteiger partial charge in [-0.1, -0.05) is 6.92 Å². The molecule has 0 aromatic heterocycles. The van der Waals surface area contributed by atoms with Crippen molar-refractivity contribution in [3.63, 3.8) is 0 Å². The summed E-state index contributed by atoms with van der Waals surface area (Å²) in [6.07, 6.45) is -0.464. The zero-order valence-corrected chi connectivity index (χ0v) is 17.5. The van der Waals surface area contributed by atoms with Crippen LogP contribution in [0, 0.1) is 10.1 Å². The van der Waals surface area contributed by atoms with Gasteiger partial charge in [0.1, 0.15) is 17.2 Å². The molecule has 0 fully saturated rings. The lowest BCUT2D eigenvalue weighted by molar-refractivity contribution is -0.384. The molecular weight excluding hydrogens is 380 g/mol. The van der Waals surface area contributed by atoms with E-state index < -0.39 is 40.0 Å². The minimum absolute atomic E-state index is 0.101. The van der Waals surface area contributed by atoms with E-state index in [0.717, 1.165) is 0 Å². The smallest absolute Gasteiger partial charge is 0.408 e. The molecule has 2 atom stereocenters. The number of ether oxygens (including phenoxy) is 1. The summed E-state index contributed by atoms with van der Waals surface area (Å²) in [6.45, 7) is 9.87. The number of anilines is 1. The average molecular weight is 408 g/mol. The quantitative estimate of drug-likeness (QED) is 0.468. The molecule has 0 bridgehead atoms. The van der Waals surface area contributed by atoms with Gasteiger partial charge in [0.15, 0.2) is 0 Å². The van der Waals surface area contributed by atoms with E-state index in [-0.39, 0.29) is 12.1 Å². The van der Waals surface area contributed by atoms with E-state index in [9.17, 15) is 24.5 Å². The van der Waals surface area contributed by atoms with Crippen LogP contribution in [0.4, 0.5) is 16.2 Å². The van der Waals surface area contributed by atoms with Crippen molar-refractivity contribution in [2.75, 3.05) is 5.32 Å². The van der Waals surface area contributed by atoms with Crippen LogP contribution in [0.15, 0.2) is 24.3 Å². The van der Waals surface area contributed by atoms with E-state index in [1.54, 1.807) is 27.7 Å². The summed E-state index contributed by atoms with van der Waals surface area (Å²) in [6, 6.07) is 4.40. The molecule has 10 nitrogen and oxygen atoms in total. The van der Waals surface area contributed by atoms with Gasteiger partial charge in [-0.15, -0.1) is 0 Å². The third-order valence-electron chi connectivity index (χ3n) is 4.07. The van der Waals surface area contributed by atoms with Crippen molar-refractivity contribution in [1.29, 1.82) is 0 Å². The van der Waals surface area contributed by atoms with E-state index in [4.69, 9.17) is 4.74 Å². The Hall–Kier alpha value is -3.17. The molecule has 0 aliphatic rings. The molecule has 0 aliphatic heterocycles. The molecular formula is C19H28N4O6. The van der Waals surface area contributed by atoms with Gasteiger partial charge >= 0.3 is 6.09 Å². The molecule has 1 aromatic rings. The zero-order valence-electron chi connectivity index (χ0n) is 17.5. The van der Waals surface area contributed by atoms with E-state index in [1.165, 1.54) is 38.1 Å². The summed E-state index contributed by atoms with van der Waals surface area (Å²) in [5, 5.41) is 18.3. The number of carbonyl (C=O) groups is 3.